The van der Waals surface area contributed by atoms with Crippen LogP contribution in [0.4, 0.5) is 0 Å². The number of cyclic esters (lactones) is 2. The van der Waals surface area contributed by atoms with Gasteiger partial charge in [-0.05, 0) is 11.6 Å². The summed E-state index contributed by atoms with van der Waals surface area (Å²) in [5, 5.41) is 0. The molecule has 1 heterocycles. The van der Waals surface area contributed by atoms with Gasteiger partial charge in [0.1, 0.15) is 6.04 Å². The smallest absolute Gasteiger partial charge is 0.346 e. The van der Waals surface area contributed by atoms with Crippen molar-refractivity contribution in [2.75, 3.05) is 0 Å². The molecule has 66 valence electrons. The molecule has 13 heavy (non-hydrogen) atoms. The lowest BCUT2D eigenvalue weighted by atomic mass is 9.99. The number of hydrogen-bond donors (Lipinski definition) is 1. The Morgan fingerprint density at radius 3 is 2.69 bits per heavy atom. The Hall–Kier alpha value is -1.68. The molecule has 0 saturated carbocycles. The zero-order valence-corrected chi connectivity index (χ0v) is 6.69. The quantitative estimate of drug-likeness (QED) is 0.459. The fourth-order valence-corrected chi connectivity index (χ4v) is 1.29. The number of esters is 2. The molecular formula is C9H7NO3. The van der Waals surface area contributed by atoms with Gasteiger partial charge in [-0.2, -0.15) is 0 Å². The number of nitrogens with two attached hydrogens (primary N) is 1. The molecule has 1 unspecified atom stereocenters. The van der Waals surface area contributed by atoms with Crippen LogP contribution in [0.15, 0.2) is 24.3 Å². The molecule has 0 bridgehead atoms. The van der Waals surface area contributed by atoms with Crippen molar-refractivity contribution in [2.24, 2.45) is 5.73 Å². The molecule has 0 radical (unpaired) electrons. The summed E-state index contributed by atoms with van der Waals surface area (Å²) in [6, 6.07) is 5.82. The van der Waals surface area contributed by atoms with E-state index in [4.69, 9.17) is 5.73 Å². The highest BCUT2D eigenvalue weighted by Gasteiger charge is 2.31. The van der Waals surface area contributed by atoms with Crippen LogP contribution in [0.2, 0.25) is 0 Å². The highest BCUT2D eigenvalue weighted by atomic mass is 16.6. The van der Waals surface area contributed by atoms with Gasteiger partial charge in [0.2, 0.25) is 0 Å². The van der Waals surface area contributed by atoms with Crippen LogP contribution < -0.4 is 5.73 Å². The van der Waals surface area contributed by atoms with E-state index in [2.05, 4.69) is 4.74 Å². The largest absolute Gasteiger partial charge is 0.388 e. The summed E-state index contributed by atoms with van der Waals surface area (Å²) >= 11 is 0. The fraction of sp³-hybridized carbons (Fsp3) is 0.111. The number of hydrogen-bond acceptors (Lipinski definition) is 4. The van der Waals surface area contributed by atoms with Crippen LogP contribution >= 0.6 is 0 Å². The number of carbonyl (C=O) groups is 2. The lowest BCUT2D eigenvalue weighted by molar-refractivity contribution is -0.140. The predicted molar refractivity (Wildman–Crippen MR) is 43.8 cm³/mol. The first-order valence-corrected chi connectivity index (χ1v) is 3.80. The van der Waals surface area contributed by atoms with Crippen molar-refractivity contribution >= 4 is 11.9 Å². The number of benzene rings is 1. The van der Waals surface area contributed by atoms with Crippen LogP contribution in [0.1, 0.15) is 22.0 Å². The Morgan fingerprint density at radius 1 is 1.23 bits per heavy atom. The SMILES string of the molecule is NC1C(=O)OC(=O)c2ccccc21. The monoisotopic (exact) mass is 177 g/mol. The van der Waals surface area contributed by atoms with Crippen molar-refractivity contribution in [1.29, 1.82) is 0 Å². The van der Waals surface area contributed by atoms with E-state index in [1.165, 1.54) is 0 Å². The number of ether oxygens (including phenoxy) is 1. The second kappa shape index (κ2) is 2.67. The molecule has 2 N–H and O–H groups in total. The van der Waals surface area contributed by atoms with Gasteiger partial charge >= 0.3 is 11.9 Å². The van der Waals surface area contributed by atoms with E-state index in [1.807, 2.05) is 0 Å². The van der Waals surface area contributed by atoms with Crippen molar-refractivity contribution < 1.29 is 14.3 Å². The van der Waals surface area contributed by atoms with Crippen molar-refractivity contribution in [3.8, 4) is 0 Å². The van der Waals surface area contributed by atoms with Crippen LogP contribution in [0.25, 0.3) is 0 Å². The predicted octanol–water partition coefficient (Wildman–Crippen LogP) is 0.383. The minimum Gasteiger partial charge on any atom is -0.388 e. The third-order valence-corrected chi connectivity index (χ3v) is 1.96. The molecule has 1 aliphatic rings. The van der Waals surface area contributed by atoms with E-state index < -0.39 is 18.0 Å². The summed E-state index contributed by atoms with van der Waals surface area (Å²) in [5.41, 5.74) is 6.43. The Balaban J connectivity index is 2.60. The average Bonchev–Trinajstić information content (AvgIpc) is 2.15. The standard InChI is InChI=1S/C9H7NO3/c10-7-5-3-1-2-4-6(5)8(11)13-9(7)12/h1-4,7H,10H2. The van der Waals surface area contributed by atoms with E-state index in [0.29, 0.717) is 11.1 Å². The summed E-state index contributed by atoms with van der Waals surface area (Å²) < 4.78 is 4.42. The zero-order chi connectivity index (χ0) is 9.42. The first kappa shape index (κ1) is 7.94. The van der Waals surface area contributed by atoms with Crippen molar-refractivity contribution in [3.63, 3.8) is 0 Å². The van der Waals surface area contributed by atoms with E-state index in [1.54, 1.807) is 24.3 Å². The van der Waals surface area contributed by atoms with Gasteiger partial charge in [0.25, 0.3) is 0 Å². The molecule has 4 heteroatoms. The Kier molecular flexibility index (Phi) is 1.63. The van der Waals surface area contributed by atoms with Gasteiger partial charge < -0.3 is 10.5 Å². The Bertz CT molecular complexity index is 386. The van der Waals surface area contributed by atoms with Crippen LogP contribution in [0, 0.1) is 0 Å². The summed E-state index contributed by atoms with van der Waals surface area (Å²) in [4.78, 5) is 22.1. The average molecular weight is 177 g/mol. The molecule has 0 aliphatic carbocycles. The Labute approximate surface area is 74.3 Å². The maximum atomic E-state index is 11.1. The van der Waals surface area contributed by atoms with Crippen LogP contribution in [0.5, 0.6) is 0 Å². The fourth-order valence-electron chi connectivity index (χ4n) is 1.29. The van der Waals surface area contributed by atoms with Crippen molar-refractivity contribution in [1.82, 2.24) is 0 Å². The zero-order valence-electron chi connectivity index (χ0n) is 6.69. The minimum absolute atomic E-state index is 0.370. The molecule has 1 aromatic rings. The Morgan fingerprint density at radius 2 is 1.92 bits per heavy atom. The highest BCUT2D eigenvalue weighted by molar-refractivity contribution is 6.03. The maximum Gasteiger partial charge on any atom is 0.346 e. The highest BCUT2D eigenvalue weighted by Crippen LogP contribution is 2.23. The molecule has 0 fully saturated rings. The third kappa shape index (κ3) is 1.11. The molecule has 1 atom stereocenters. The first-order valence-electron chi connectivity index (χ1n) is 3.80. The maximum absolute atomic E-state index is 11.1. The summed E-state index contributed by atoms with van der Waals surface area (Å²) in [5.74, 6) is -1.31. The van der Waals surface area contributed by atoms with Crippen molar-refractivity contribution in [2.45, 2.75) is 6.04 Å². The normalized spacial score (nSPS) is 20.8. The van der Waals surface area contributed by atoms with E-state index >= 15 is 0 Å². The lowest BCUT2D eigenvalue weighted by Gasteiger charge is -2.18. The van der Waals surface area contributed by atoms with Gasteiger partial charge in [0.15, 0.2) is 0 Å². The van der Waals surface area contributed by atoms with E-state index in [-0.39, 0.29) is 0 Å². The van der Waals surface area contributed by atoms with E-state index in [9.17, 15) is 9.59 Å². The lowest BCUT2D eigenvalue weighted by Crippen LogP contribution is -2.32. The molecule has 1 aromatic carbocycles. The first-order chi connectivity index (χ1) is 6.20. The molecular weight excluding hydrogens is 170 g/mol. The van der Waals surface area contributed by atoms with Crippen LogP contribution in [-0.4, -0.2) is 11.9 Å². The molecule has 0 spiro atoms. The third-order valence-electron chi connectivity index (χ3n) is 1.96. The van der Waals surface area contributed by atoms with Crippen LogP contribution in [0.3, 0.4) is 0 Å². The van der Waals surface area contributed by atoms with E-state index in [0.717, 1.165) is 0 Å². The second-order valence-corrected chi connectivity index (χ2v) is 2.77. The summed E-state index contributed by atoms with van der Waals surface area (Å²) in [7, 11) is 0. The molecule has 1 aliphatic heterocycles. The van der Waals surface area contributed by atoms with Gasteiger partial charge in [-0.3, -0.25) is 0 Å². The van der Waals surface area contributed by atoms with Gasteiger partial charge in [0.05, 0.1) is 5.56 Å². The van der Waals surface area contributed by atoms with Crippen LogP contribution in [-0.2, 0) is 9.53 Å². The van der Waals surface area contributed by atoms with Gasteiger partial charge in [-0.1, -0.05) is 18.2 Å². The number of fused-ring (bicyclic) bond motifs is 1. The minimum atomic E-state index is -0.839. The van der Waals surface area contributed by atoms with Gasteiger partial charge in [-0.25, -0.2) is 9.59 Å². The molecule has 0 amide bonds. The second-order valence-electron chi connectivity index (χ2n) is 2.77. The summed E-state index contributed by atoms with van der Waals surface area (Å²) in [6.45, 7) is 0. The number of rotatable bonds is 0. The number of carbonyl (C=O) groups excluding carboxylic acids is 2. The molecule has 2 rings (SSSR count). The molecule has 0 aromatic heterocycles. The van der Waals surface area contributed by atoms with Crippen molar-refractivity contribution in [3.05, 3.63) is 35.4 Å². The van der Waals surface area contributed by atoms with Gasteiger partial charge in [-0.15, -0.1) is 0 Å². The van der Waals surface area contributed by atoms with Gasteiger partial charge in [0, 0.05) is 0 Å². The topological polar surface area (TPSA) is 69.4 Å². The summed E-state index contributed by atoms with van der Waals surface area (Å²) in [6.07, 6.45) is 0. The molecule has 4 nitrogen and oxygen atoms in total. The molecule has 0 saturated heterocycles.